The summed E-state index contributed by atoms with van der Waals surface area (Å²) in [5, 5.41) is 13.4. The van der Waals surface area contributed by atoms with Gasteiger partial charge in [-0.1, -0.05) is 0 Å². The predicted octanol–water partition coefficient (Wildman–Crippen LogP) is 5.02. The summed E-state index contributed by atoms with van der Waals surface area (Å²) in [5.74, 6) is -2.21. The van der Waals surface area contributed by atoms with Crippen molar-refractivity contribution in [2.75, 3.05) is 51.4 Å². The van der Waals surface area contributed by atoms with Gasteiger partial charge in [-0.2, -0.15) is 19.3 Å². The maximum atomic E-state index is 14.8. The fraction of sp³-hybridized carbons (Fsp3) is 0.484. The number of carbonyl (C=O) groups excluding carboxylic acids is 2. The summed E-state index contributed by atoms with van der Waals surface area (Å²) in [6.07, 6.45) is 8.09. The van der Waals surface area contributed by atoms with Crippen LogP contribution < -0.4 is 5.32 Å². The molecule has 2 aliphatic rings. The van der Waals surface area contributed by atoms with Gasteiger partial charge in [0, 0.05) is 49.6 Å². The molecule has 13 nitrogen and oxygen atoms in total. The lowest BCUT2D eigenvalue weighted by atomic mass is 9.93. The average molecular weight is 671 g/mol. The monoisotopic (exact) mass is 670 g/mol. The molecule has 1 amide bonds. The Kier molecular flexibility index (Phi) is 10.6. The minimum Gasteiger partial charge on any atom is -0.448 e. The van der Waals surface area contributed by atoms with Crippen molar-refractivity contribution in [1.82, 2.24) is 34.4 Å². The summed E-state index contributed by atoms with van der Waals surface area (Å²) < 4.78 is 48.1. The molecular formula is C31H36F2N8O5S. The van der Waals surface area contributed by atoms with Gasteiger partial charge in [0.25, 0.3) is 5.91 Å². The highest BCUT2D eigenvalue weighted by Gasteiger charge is 2.27. The number of rotatable bonds is 11. The molecule has 0 radical (unpaired) electrons. The van der Waals surface area contributed by atoms with Gasteiger partial charge in [0.05, 0.1) is 43.9 Å². The van der Waals surface area contributed by atoms with Gasteiger partial charge in [-0.3, -0.25) is 14.4 Å². The van der Waals surface area contributed by atoms with Crippen LogP contribution >= 0.6 is 11.3 Å². The number of hydrogen-bond acceptors (Lipinski definition) is 11. The lowest BCUT2D eigenvalue weighted by molar-refractivity contribution is 0.0260. The van der Waals surface area contributed by atoms with Gasteiger partial charge < -0.3 is 19.5 Å². The van der Waals surface area contributed by atoms with Crippen molar-refractivity contribution in [3.8, 4) is 22.0 Å². The SMILES string of the molecule is CCOC1CCC(n2cc(NC(=O)c3csc(-c4cnn(C(=O)OCCCN5CCOCC5)c4)n3)c(-c3nc(F)ccc3F)n2)CC1. The molecule has 0 bridgehead atoms. The number of nitrogens with zero attached hydrogens (tertiary/aromatic N) is 7. The Bertz CT molecular complexity index is 1680. The van der Waals surface area contributed by atoms with Gasteiger partial charge in [-0.15, -0.1) is 11.3 Å². The number of morpholine rings is 1. The number of amides is 1. The molecule has 47 heavy (non-hydrogen) atoms. The van der Waals surface area contributed by atoms with Crippen LogP contribution in [-0.2, 0) is 14.2 Å². The molecule has 16 heteroatoms. The van der Waals surface area contributed by atoms with Crippen molar-refractivity contribution in [1.29, 1.82) is 0 Å². The summed E-state index contributed by atoms with van der Waals surface area (Å²) in [7, 11) is 0. The van der Waals surface area contributed by atoms with Gasteiger partial charge in [-0.25, -0.2) is 19.2 Å². The van der Waals surface area contributed by atoms with Gasteiger partial charge in [0.2, 0.25) is 5.95 Å². The van der Waals surface area contributed by atoms with E-state index in [0.717, 1.165) is 62.1 Å². The highest BCUT2D eigenvalue weighted by Crippen LogP contribution is 2.34. The van der Waals surface area contributed by atoms with Crippen molar-refractivity contribution in [3.05, 3.63) is 53.6 Å². The fourth-order valence-electron chi connectivity index (χ4n) is 5.71. The van der Waals surface area contributed by atoms with E-state index in [9.17, 15) is 18.4 Å². The van der Waals surface area contributed by atoms with Crippen molar-refractivity contribution >= 4 is 29.0 Å². The Morgan fingerprint density at radius 2 is 1.89 bits per heavy atom. The number of carbonyl (C=O) groups is 2. The van der Waals surface area contributed by atoms with Gasteiger partial charge in [0.15, 0.2) is 5.82 Å². The first-order valence-electron chi connectivity index (χ1n) is 15.7. The lowest BCUT2D eigenvalue weighted by Crippen LogP contribution is -2.37. The molecule has 5 heterocycles. The summed E-state index contributed by atoms with van der Waals surface area (Å²) in [6.45, 7) is 6.85. The first-order chi connectivity index (χ1) is 22.9. The number of thiazole rings is 1. The Morgan fingerprint density at radius 3 is 2.68 bits per heavy atom. The highest BCUT2D eigenvalue weighted by atomic mass is 32.1. The van der Waals surface area contributed by atoms with Crippen molar-refractivity contribution in [2.24, 2.45) is 0 Å². The molecule has 1 aliphatic carbocycles. The van der Waals surface area contributed by atoms with E-state index in [-0.39, 0.29) is 41.5 Å². The first kappa shape index (κ1) is 32.8. The number of halogens is 2. The van der Waals surface area contributed by atoms with Crippen LogP contribution in [0.4, 0.5) is 19.3 Å². The number of nitrogens with one attached hydrogen (secondary N) is 1. The lowest BCUT2D eigenvalue weighted by Gasteiger charge is -2.28. The minimum absolute atomic E-state index is 0.00778. The molecule has 6 rings (SSSR count). The third-order valence-electron chi connectivity index (χ3n) is 8.14. The van der Waals surface area contributed by atoms with E-state index in [1.165, 1.54) is 23.7 Å². The second kappa shape index (κ2) is 15.2. The molecule has 1 N–H and O–H groups in total. The molecule has 4 aromatic rings. The van der Waals surface area contributed by atoms with E-state index in [0.29, 0.717) is 36.8 Å². The van der Waals surface area contributed by atoms with Gasteiger partial charge in [-0.05, 0) is 51.2 Å². The minimum atomic E-state index is -0.869. The number of anilines is 1. The highest BCUT2D eigenvalue weighted by molar-refractivity contribution is 7.13. The number of pyridine rings is 1. The van der Waals surface area contributed by atoms with Crippen LogP contribution in [0, 0.1) is 11.8 Å². The Morgan fingerprint density at radius 1 is 1.09 bits per heavy atom. The van der Waals surface area contributed by atoms with Gasteiger partial charge in [0.1, 0.15) is 22.1 Å². The number of ether oxygens (including phenoxy) is 3. The van der Waals surface area contributed by atoms with E-state index in [4.69, 9.17) is 14.2 Å². The Hall–Kier alpha value is -4.12. The molecule has 1 saturated heterocycles. The maximum Gasteiger partial charge on any atom is 0.434 e. The predicted molar refractivity (Wildman–Crippen MR) is 168 cm³/mol. The molecule has 0 unspecified atom stereocenters. The smallest absolute Gasteiger partial charge is 0.434 e. The molecule has 4 aromatic heterocycles. The van der Waals surface area contributed by atoms with Gasteiger partial charge >= 0.3 is 6.09 Å². The largest absolute Gasteiger partial charge is 0.448 e. The van der Waals surface area contributed by atoms with Crippen LogP contribution in [0.25, 0.3) is 22.0 Å². The molecule has 0 spiro atoms. The summed E-state index contributed by atoms with van der Waals surface area (Å²) in [5.41, 5.74) is 0.509. The number of hydrogen-bond donors (Lipinski definition) is 1. The zero-order valence-corrected chi connectivity index (χ0v) is 26.8. The molecule has 2 fully saturated rings. The second-order valence-corrected chi connectivity index (χ2v) is 12.2. The molecular weight excluding hydrogens is 634 g/mol. The Balaban J connectivity index is 1.12. The van der Waals surface area contributed by atoms with Crippen LogP contribution in [0.5, 0.6) is 0 Å². The van der Waals surface area contributed by atoms with Crippen LogP contribution in [0.3, 0.4) is 0 Å². The van der Waals surface area contributed by atoms with Crippen molar-refractivity contribution in [2.45, 2.75) is 51.2 Å². The van der Waals surface area contributed by atoms with E-state index in [1.807, 2.05) is 6.92 Å². The third kappa shape index (κ3) is 8.06. The van der Waals surface area contributed by atoms with E-state index in [2.05, 4.69) is 30.4 Å². The number of aromatic nitrogens is 6. The van der Waals surface area contributed by atoms with Crippen molar-refractivity contribution < 1.29 is 32.6 Å². The zero-order chi connectivity index (χ0) is 32.8. The van der Waals surface area contributed by atoms with Crippen molar-refractivity contribution in [3.63, 3.8) is 0 Å². The fourth-order valence-corrected chi connectivity index (χ4v) is 6.49. The van der Waals surface area contributed by atoms with Crippen LogP contribution in [0.2, 0.25) is 0 Å². The molecule has 1 aliphatic heterocycles. The van der Waals surface area contributed by atoms with Crippen LogP contribution in [-0.4, -0.2) is 98.6 Å². The van der Waals surface area contributed by atoms with Crippen LogP contribution in [0.15, 0.2) is 36.1 Å². The van der Waals surface area contributed by atoms with E-state index in [1.54, 1.807) is 16.3 Å². The summed E-state index contributed by atoms with van der Waals surface area (Å²) in [4.78, 5) is 36.3. The summed E-state index contributed by atoms with van der Waals surface area (Å²) >= 11 is 1.19. The quantitative estimate of drug-likeness (QED) is 0.171. The molecule has 1 saturated carbocycles. The van der Waals surface area contributed by atoms with E-state index < -0.39 is 23.8 Å². The molecule has 0 aromatic carbocycles. The Labute approximate surface area is 273 Å². The summed E-state index contributed by atoms with van der Waals surface area (Å²) in [6, 6.07) is 1.89. The van der Waals surface area contributed by atoms with E-state index >= 15 is 0 Å². The zero-order valence-electron chi connectivity index (χ0n) is 25.9. The standard InChI is InChI=1S/C31H36F2N8O5S/c1-2-45-22-6-4-21(5-7-22)40-18-24(28(38-40)27-23(32)8-9-26(33)37-27)35-29(42)25-19-47-30(36-25)20-16-34-41(17-20)31(43)46-13-3-10-39-11-14-44-15-12-39/h8-9,16-19,21-22H,2-7,10-15H2,1H3,(H,35,42). The first-order valence-corrected chi connectivity index (χ1v) is 16.6. The molecule has 0 atom stereocenters. The molecule has 250 valence electrons. The average Bonchev–Trinajstić information content (AvgIpc) is 3.86. The maximum absolute atomic E-state index is 14.8. The van der Waals surface area contributed by atoms with Crippen LogP contribution in [0.1, 0.15) is 55.6 Å². The topological polar surface area (TPSA) is 139 Å². The second-order valence-electron chi connectivity index (χ2n) is 11.3. The third-order valence-corrected chi connectivity index (χ3v) is 9.03. The normalized spacial score (nSPS) is 18.7.